The first kappa shape index (κ1) is 16.8. The molecule has 0 aliphatic rings. The molecule has 0 bridgehead atoms. The molecule has 1 aromatic carbocycles. The monoisotopic (exact) mass is 321 g/mol. The van der Waals surface area contributed by atoms with Crippen LogP contribution >= 0.6 is 28.3 Å². The summed E-state index contributed by atoms with van der Waals surface area (Å²) in [6.07, 6.45) is 0.969. The highest BCUT2D eigenvalue weighted by Crippen LogP contribution is 2.30. The molecule has 98 valence electrons. The summed E-state index contributed by atoms with van der Waals surface area (Å²) < 4.78 is 6.64. The van der Waals surface area contributed by atoms with Crippen molar-refractivity contribution < 1.29 is 4.74 Å². The molecular formula is C13H21BrClNO. The molecule has 0 radical (unpaired) electrons. The fourth-order valence-corrected chi connectivity index (χ4v) is 2.11. The molecule has 1 aromatic rings. The average Bonchev–Trinajstić information content (AvgIpc) is 2.20. The molecule has 0 saturated carbocycles. The molecule has 0 saturated heterocycles. The Labute approximate surface area is 118 Å². The summed E-state index contributed by atoms with van der Waals surface area (Å²) in [5.41, 5.74) is 7.28. The summed E-state index contributed by atoms with van der Waals surface area (Å²) in [6.45, 7) is 7.01. The van der Waals surface area contributed by atoms with E-state index in [0.717, 1.165) is 22.2 Å². The second-order valence-corrected chi connectivity index (χ2v) is 5.27. The van der Waals surface area contributed by atoms with Crippen LogP contribution in [0.2, 0.25) is 0 Å². The van der Waals surface area contributed by atoms with Crippen molar-refractivity contribution in [3.05, 3.63) is 28.2 Å². The summed E-state index contributed by atoms with van der Waals surface area (Å²) in [4.78, 5) is 0. The van der Waals surface area contributed by atoms with E-state index in [0.29, 0.717) is 12.5 Å². The average molecular weight is 323 g/mol. The van der Waals surface area contributed by atoms with E-state index in [1.165, 1.54) is 0 Å². The third-order valence-corrected chi connectivity index (χ3v) is 2.89. The van der Waals surface area contributed by atoms with E-state index >= 15 is 0 Å². The van der Waals surface area contributed by atoms with E-state index in [9.17, 15) is 0 Å². The lowest BCUT2D eigenvalue weighted by molar-refractivity contribution is 0.332. The predicted octanol–water partition coefficient (Wildman–Crippen LogP) is 4.32. The van der Waals surface area contributed by atoms with Gasteiger partial charge in [-0.3, -0.25) is 0 Å². The van der Waals surface area contributed by atoms with E-state index in [-0.39, 0.29) is 18.4 Å². The summed E-state index contributed by atoms with van der Waals surface area (Å²) in [6, 6.07) is 6.05. The molecule has 17 heavy (non-hydrogen) atoms. The van der Waals surface area contributed by atoms with Gasteiger partial charge in [0.1, 0.15) is 5.75 Å². The molecular weight excluding hydrogens is 302 g/mol. The van der Waals surface area contributed by atoms with Crippen molar-refractivity contribution in [3.63, 3.8) is 0 Å². The van der Waals surface area contributed by atoms with Crippen molar-refractivity contribution in [3.8, 4) is 5.75 Å². The number of hydrogen-bond donors (Lipinski definition) is 1. The second-order valence-electron chi connectivity index (χ2n) is 4.35. The maximum absolute atomic E-state index is 6.20. The van der Waals surface area contributed by atoms with Gasteiger partial charge in [0.25, 0.3) is 0 Å². The zero-order chi connectivity index (χ0) is 12.1. The normalized spacial score (nSPS) is 12.1. The van der Waals surface area contributed by atoms with Crippen LogP contribution in [-0.4, -0.2) is 6.61 Å². The lowest BCUT2D eigenvalue weighted by Crippen LogP contribution is -2.14. The van der Waals surface area contributed by atoms with E-state index < -0.39 is 0 Å². The summed E-state index contributed by atoms with van der Waals surface area (Å²) >= 11 is 3.47. The number of halogens is 2. The fraction of sp³-hybridized carbons (Fsp3) is 0.538. The molecule has 1 atom stereocenters. The number of rotatable bonds is 5. The fourth-order valence-electron chi connectivity index (χ4n) is 1.73. The predicted molar refractivity (Wildman–Crippen MR) is 78.9 cm³/mol. The molecule has 4 heteroatoms. The molecule has 0 amide bonds. The van der Waals surface area contributed by atoms with Gasteiger partial charge in [-0.05, 0) is 37.5 Å². The van der Waals surface area contributed by atoms with Crippen LogP contribution in [-0.2, 0) is 0 Å². The lowest BCUT2D eigenvalue weighted by atomic mass is 9.97. The summed E-state index contributed by atoms with van der Waals surface area (Å²) in [5, 5.41) is 0. The zero-order valence-corrected chi connectivity index (χ0v) is 13.0. The van der Waals surface area contributed by atoms with Crippen LogP contribution in [0, 0.1) is 5.92 Å². The van der Waals surface area contributed by atoms with Crippen LogP contribution in [0.15, 0.2) is 22.7 Å². The van der Waals surface area contributed by atoms with Gasteiger partial charge in [-0.25, -0.2) is 0 Å². The Morgan fingerprint density at radius 3 is 2.53 bits per heavy atom. The van der Waals surface area contributed by atoms with Gasteiger partial charge < -0.3 is 10.5 Å². The SMILES string of the molecule is CCOc1ccc(Br)cc1[C@H](N)CC(C)C.Cl. The third-order valence-electron chi connectivity index (χ3n) is 2.40. The van der Waals surface area contributed by atoms with Crippen LogP contribution in [0.25, 0.3) is 0 Å². The summed E-state index contributed by atoms with van der Waals surface area (Å²) in [7, 11) is 0. The van der Waals surface area contributed by atoms with Gasteiger partial charge in [0, 0.05) is 16.1 Å². The first-order chi connectivity index (χ1) is 7.54. The van der Waals surface area contributed by atoms with Gasteiger partial charge in [-0.15, -0.1) is 12.4 Å². The van der Waals surface area contributed by atoms with Gasteiger partial charge in [-0.2, -0.15) is 0 Å². The minimum atomic E-state index is 0. The van der Waals surface area contributed by atoms with E-state index in [1.54, 1.807) is 0 Å². The standard InChI is InChI=1S/C13H20BrNO.ClH/c1-4-16-13-6-5-10(14)8-11(13)12(15)7-9(2)3;/h5-6,8-9,12H,4,7,15H2,1-3H3;1H/t12-;/m1./s1. The smallest absolute Gasteiger partial charge is 0.124 e. The quantitative estimate of drug-likeness (QED) is 0.876. The van der Waals surface area contributed by atoms with E-state index in [2.05, 4.69) is 35.8 Å². The Morgan fingerprint density at radius 2 is 2.00 bits per heavy atom. The topological polar surface area (TPSA) is 35.2 Å². The Kier molecular flexibility index (Phi) is 7.84. The molecule has 0 aliphatic carbocycles. The maximum atomic E-state index is 6.20. The number of hydrogen-bond acceptors (Lipinski definition) is 2. The first-order valence-electron chi connectivity index (χ1n) is 5.72. The molecule has 2 nitrogen and oxygen atoms in total. The molecule has 0 aromatic heterocycles. The zero-order valence-electron chi connectivity index (χ0n) is 10.6. The second kappa shape index (κ2) is 7.96. The van der Waals surface area contributed by atoms with Crippen molar-refractivity contribution in [1.29, 1.82) is 0 Å². The Hall–Kier alpha value is -0.250. The molecule has 0 unspecified atom stereocenters. The molecule has 0 fully saturated rings. The minimum absolute atomic E-state index is 0. The Balaban J connectivity index is 0.00000256. The highest BCUT2D eigenvalue weighted by atomic mass is 79.9. The highest BCUT2D eigenvalue weighted by Gasteiger charge is 2.14. The molecule has 0 spiro atoms. The van der Waals surface area contributed by atoms with E-state index in [4.69, 9.17) is 10.5 Å². The minimum Gasteiger partial charge on any atom is -0.494 e. The number of ether oxygens (including phenoxy) is 1. The van der Waals surface area contributed by atoms with Crippen molar-refractivity contribution in [2.75, 3.05) is 6.61 Å². The molecule has 0 aliphatic heterocycles. The van der Waals surface area contributed by atoms with Crippen LogP contribution < -0.4 is 10.5 Å². The van der Waals surface area contributed by atoms with Gasteiger partial charge in [0.2, 0.25) is 0 Å². The number of benzene rings is 1. The van der Waals surface area contributed by atoms with Crippen LogP contribution in [0.4, 0.5) is 0 Å². The largest absolute Gasteiger partial charge is 0.494 e. The lowest BCUT2D eigenvalue weighted by Gasteiger charge is -2.18. The van der Waals surface area contributed by atoms with Crippen LogP contribution in [0.1, 0.15) is 38.8 Å². The van der Waals surface area contributed by atoms with Crippen LogP contribution in [0.3, 0.4) is 0 Å². The van der Waals surface area contributed by atoms with Crippen molar-refractivity contribution >= 4 is 28.3 Å². The Morgan fingerprint density at radius 1 is 1.35 bits per heavy atom. The van der Waals surface area contributed by atoms with Crippen LogP contribution in [0.5, 0.6) is 5.75 Å². The van der Waals surface area contributed by atoms with Gasteiger partial charge in [0.05, 0.1) is 6.61 Å². The van der Waals surface area contributed by atoms with Gasteiger partial charge in [0.15, 0.2) is 0 Å². The van der Waals surface area contributed by atoms with Crippen molar-refractivity contribution in [2.45, 2.75) is 33.2 Å². The third kappa shape index (κ3) is 5.28. The first-order valence-corrected chi connectivity index (χ1v) is 6.51. The van der Waals surface area contributed by atoms with Crippen molar-refractivity contribution in [1.82, 2.24) is 0 Å². The maximum Gasteiger partial charge on any atom is 0.124 e. The molecule has 0 heterocycles. The van der Waals surface area contributed by atoms with Crippen molar-refractivity contribution in [2.24, 2.45) is 11.7 Å². The Bertz CT molecular complexity index is 344. The molecule has 1 rings (SSSR count). The van der Waals surface area contributed by atoms with Gasteiger partial charge >= 0.3 is 0 Å². The highest BCUT2D eigenvalue weighted by molar-refractivity contribution is 9.10. The number of nitrogens with two attached hydrogens (primary N) is 1. The van der Waals surface area contributed by atoms with E-state index in [1.807, 2.05) is 19.1 Å². The molecule has 2 N–H and O–H groups in total. The summed E-state index contributed by atoms with van der Waals surface area (Å²) in [5.74, 6) is 1.49. The van der Waals surface area contributed by atoms with Gasteiger partial charge in [-0.1, -0.05) is 29.8 Å².